The van der Waals surface area contributed by atoms with Crippen LogP contribution in [0.2, 0.25) is 5.02 Å². The first-order valence-electron chi connectivity index (χ1n) is 9.98. The van der Waals surface area contributed by atoms with Gasteiger partial charge < -0.3 is 16.0 Å². The number of nitrogens with one attached hydrogen (secondary N) is 3. The van der Waals surface area contributed by atoms with Crippen molar-refractivity contribution in [1.82, 2.24) is 20.4 Å². The Balaban J connectivity index is 1.89. The van der Waals surface area contributed by atoms with Crippen LogP contribution in [-0.2, 0) is 9.59 Å². The monoisotopic (exact) mass is 439 g/mol. The number of halogens is 1. The van der Waals surface area contributed by atoms with Gasteiger partial charge in [0.15, 0.2) is 5.78 Å². The Kier molecular flexibility index (Phi) is 6.97. The summed E-state index contributed by atoms with van der Waals surface area (Å²) in [5.41, 5.74) is 3.28. The highest BCUT2D eigenvalue weighted by Crippen LogP contribution is 2.24. The van der Waals surface area contributed by atoms with Crippen LogP contribution in [-0.4, -0.2) is 27.5 Å². The number of ketones is 1. The predicted molar refractivity (Wildman–Crippen MR) is 124 cm³/mol. The Hall–Kier alpha value is -3.32. The van der Waals surface area contributed by atoms with Crippen molar-refractivity contribution in [3.05, 3.63) is 70.8 Å². The van der Waals surface area contributed by atoms with E-state index in [-0.39, 0.29) is 17.4 Å². The molecule has 3 N–H and O–H groups in total. The third kappa shape index (κ3) is 6.33. The average molecular weight is 440 g/mol. The van der Waals surface area contributed by atoms with Gasteiger partial charge in [0.2, 0.25) is 5.91 Å². The molecule has 1 aliphatic carbocycles. The zero-order valence-electron chi connectivity index (χ0n) is 17.8. The molecule has 1 fully saturated rings. The van der Waals surface area contributed by atoms with Gasteiger partial charge in [-0.3, -0.25) is 9.59 Å². The van der Waals surface area contributed by atoms with Gasteiger partial charge >= 0.3 is 0 Å². The van der Waals surface area contributed by atoms with E-state index in [1.54, 1.807) is 17.0 Å². The first-order valence-corrected chi connectivity index (χ1v) is 10.4. The third-order valence-electron chi connectivity index (χ3n) is 4.64. The van der Waals surface area contributed by atoms with E-state index in [2.05, 4.69) is 27.6 Å². The minimum atomic E-state index is -0.300. The lowest BCUT2D eigenvalue weighted by molar-refractivity contribution is -0.120. The Labute approximate surface area is 186 Å². The largest absolute Gasteiger partial charge is 0.367 e. The standard InChI is InChI=1S/C23H26ClN5O2/c1-14(26-21-7-5-6-19(24)12-21)10-23(28-20-8-9-20)29-15(2)18(13-25-29)11-22(16(3)30)27-17(4)31/h5-7,10-13,20,26,28H,1,8-9H2,2-4H3,(H,27,31)/b22-11-,23-10-. The third-order valence-corrected chi connectivity index (χ3v) is 4.87. The van der Waals surface area contributed by atoms with Crippen LogP contribution in [0.1, 0.15) is 37.9 Å². The van der Waals surface area contributed by atoms with Crippen LogP contribution in [0.5, 0.6) is 0 Å². The van der Waals surface area contributed by atoms with Crippen molar-refractivity contribution in [2.24, 2.45) is 0 Å². The Bertz CT molecular complexity index is 1080. The number of hydrogen-bond donors (Lipinski definition) is 3. The molecule has 0 saturated heterocycles. The van der Waals surface area contributed by atoms with Crippen molar-refractivity contribution in [2.45, 2.75) is 39.7 Å². The second-order valence-corrected chi connectivity index (χ2v) is 7.94. The van der Waals surface area contributed by atoms with E-state index in [0.717, 1.165) is 35.6 Å². The molecule has 0 aliphatic heterocycles. The second-order valence-electron chi connectivity index (χ2n) is 7.50. The van der Waals surface area contributed by atoms with Crippen molar-refractivity contribution in [3.8, 4) is 0 Å². The molecular weight excluding hydrogens is 414 g/mol. The van der Waals surface area contributed by atoms with Crippen molar-refractivity contribution in [3.63, 3.8) is 0 Å². The SMILES string of the molecule is C=C(/C=C(/NC1CC1)n1ncc(/C=C(\NC(C)=O)C(C)=O)c1C)Nc1cccc(Cl)c1. The molecule has 1 saturated carbocycles. The fourth-order valence-corrected chi connectivity index (χ4v) is 3.12. The van der Waals surface area contributed by atoms with E-state index < -0.39 is 0 Å². The van der Waals surface area contributed by atoms with E-state index in [0.29, 0.717) is 16.8 Å². The van der Waals surface area contributed by atoms with Crippen LogP contribution in [0, 0.1) is 6.92 Å². The smallest absolute Gasteiger partial charge is 0.221 e. The highest BCUT2D eigenvalue weighted by molar-refractivity contribution is 6.30. The number of allylic oxidation sites excluding steroid dienone is 2. The van der Waals surface area contributed by atoms with Crippen molar-refractivity contribution in [1.29, 1.82) is 0 Å². The molecule has 2 aromatic rings. The van der Waals surface area contributed by atoms with Gasteiger partial charge in [-0.05, 0) is 44.0 Å². The maximum Gasteiger partial charge on any atom is 0.221 e. The molecule has 1 amide bonds. The van der Waals surface area contributed by atoms with Gasteiger partial charge in [0.1, 0.15) is 5.82 Å². The summed E-state index contributed by atoms with van der Waals surface area (Å²) in [7, 11) is 0. The number of aromatic nitrogens is 2. The first-order chi connectivity index (χ1) is 14.7. The van der Waals surface area contributed by atoms with Crippen molar-refractivity contribution >= 4 is 40.9 Å². The zero-order valence-corrected chi connectivity index (χ0v) is 18.6. The van der Waals surface area contributed by atoms with E-state index in [1.807, 2.05) is 37.3 Å². The molecule has 0 spiro atoms. The number of rotatable bonds is 9. The number of amides is 1. The number of benzene rings is 1. The molecular formula is C23H26ClN5O2. The van der Waals surface area contributed by atoms with Crippen molar-refractivity contribution < 1.29 is 9.59 Å². The Morgan fingerprint density at radius 3 is 2.65 bits per heavy atom. The van der Waals surface area contributed by atoms with Crippen molar-refractivity contribution in [2.75, 3.05) is 5.32 Å². The van der Waals surface area contributed by atoms with Gasteiger partial charge in [0.25, 0.3) is 0 Å². The fourth-order valence-electron chi connectivity index (χ4n) is 2.93. The maximum atomic E-state index is 11.9. The molecule has 1 aliphatic rings. The molecule has 1 aromatic heterocycles. The molecule has 0 bridgehead atoms. The van der Waals surface area contributed by atoms with Gasteiger partial charge in [0.05, 0.1) is 17.6 Å². The summed E-state index contributed by atoms with van der Waals surface area (Å²) >= 11 is 6.06. The molecule has 0 atom stereocenters. The van der Waals surface area contributed by atoms with Gasteiger partial charge in [-0.1, -0.05) is 24.2 Å². The van der Waals surface area contributed by atoms with Gasteiger partial charge in [0, 0.05) is 47.9 Å². The lowest BCUT2D eigenvalue weighted by Crippen LogP contribution is -2.23. The summed E-state index contributed by atoms with van der Waals surface area (Å²) in [5, 5.41) is 14.4. The maximum absolute atomic E-state index is 11.9. The lowest BCUT2D eigenvalue weighted by Gasteiger charge is -2.14. The normalized spacial score (nSPS) is 14.2. The number of anilines is 1. The number of nitrogens with zero attached hydrogens (tertiary/aromatic N) is 2. The summed E-state index contributed by atoms with van der Waals surface area (Å²) < 4.78 is 1.76. The molecule has 1 aromatic carbocycles. The van der Waals surface area contributed by atoms with E-state index in [9.17, 15) is 9.59 Å². The van der Waals surface area contributed by atoms with Crippen LogP contribution < -0.4 is 16.0 Å². The minimum absolute atomic E-state index is 0.225. The molecule has 0 radical (unpaired) electrons. The molecule has 1 heterocycles. The summed E-state index contributed by atoms with van der Waals surface area (Å²) in [6.07, 6.45) is 7.36. The summed E-state index contributed by atoms with van der Waals surface area (Å²) in [6.45, 7) is 8.78. The van der Waals surface area contributed by atoms with Gasteiger partial charge in [-0.2, -0.15) is 5.10 Å². The van der Waals surface area contributed by atoms with E-state index in [1.165, 1.54) is 13.8 Å². The molecule has 3 rings (SSSR count). The highest BCUT2D eigenvalue weighted by atomic mass is 35.5. The van der Waals surface area contributed by atoms with Crippen LogP contribution in [0.3, 0.4) is 0 Å². The van der Waals surface area contributed by atoms with E-state index in [4.69, 9.17) is 11.6 Å². The van der Waals surface area contributed by atoms with Gasteiger partial charge in [-0.25, -0.2) is 4.68 Å². The quantitative estimate of drug-likeness (QED) is 0.404. The number of hydrogen-bond acceptors (Lipinski definition) is 5. The minimum Gasteiger partial charge on any atom is -0.367 e. The number of Topliss-reactive ketones (excluding diaryl/α,β-unsaturated/α-hetero) is 1. The number of carbonyl (C=O) groups is 2. The first kappa shape index (κ1) is 22.4. The molecule has 162 valence electrons. The molecule has 31 heavy (non-hydrogen) atoms. The zero-order chi connectivity index (χ0) is 22.5. The summed E-state index contributed by atoms with van der Waals surface area (Å²) in [4.78, 5) is 23.3. The predicted octanol–water partition coefficient (Wildman–Crippen LogP) is 4.09. The number of carbonyl (C=O) groups excluding carboxylic acids is 2. The van der Waals surface area contributed by atoms with E-state index >= 15 is 0 Å². The fraction of sp³-hybridized carbons (Fsp3) is 0.261. The Morgan fingerprint density at radius 1 is 1.29 bits per heavy atom. The van der Waals surface area contributed by atoms with Crippen LogP contribution in [0.15, 0.2) is 54.5 Å². The average Bonchev–Trinajstić information content (AvgIpc) is 3.42. The van der Waals surface area contributed by atoms with Crippen LogP contribution in [0.25, 0.3) is 11.9 Å². The molecule has 7 nitrogen and oxygen atoms in total. The topological polar surface area (TPSA) is 88.1 Å². The summed E-state index contributed by atoms with van der Waals surface area (Å²) in [6, 6.07) is 7.79. The highest BCUT2D eigenvalue weighted by Gasteiger charge is 2.23. The van der Waals surface area contributed by atoms with Crippen LogP contribution >= 0.6 is 11.6 Å². The Morgan fingerprint density at radius 2 is 2.03 bits per heavy atom. The second kappa shape index (κ2) is 9.66. The summed E-state index contributed by atoms with van der Waals surface area (Å²) in [5.74, 6) is 0.238. The molecule has 0 unspecified atom stereocenters. The van der Waals surface area contributed by atoms with Gasteiger partial charge in [-0.15, -0.1) is 0 Å². The molecule has 8 heteroatoms. The lowest BCUT2D eigenvalue weighted by atomic mass is 10.2. The van der Waals surface area contributed by atoms with Crippen LogP contribution in [0.4, 0.5) is 5.69 Å².